The Morgan fingerprint density at radius 1 is 1.32 bits per heavy atom. The third-order valence-electron chi connectivity index (χ3n) is 4.82. The van der Waals surface area contributed by atoms with Gasteiger partial charge in [-0.1, -0.05) is 18.2 Å². The van der Waals surface area contributed by atoms with Gasteiger partial charge in [0, 0.05) is 24.0 Å². The van der Waals surface area contributed by atoms with Crippen LogP contribution in [0.15, 0.2) is 36.4 Å². The monoisotopic (exact) mass is 389 g/mol. The predicted octanol–water partition coefficient (Wildman–Crippen LogP) is 1.85. The number of methoxy groups -OCH3 is 1. The molecule has 1 atom stereocenters. The van der Waals surface area contributed by atoms with Gasteiger partial charge >= 0.3 is 0 Å². The molecular weight excluding hydrogens is 365 g/mol. The first-order valence-electron chi connectivity index (χ1n) is 9.05. The Bertz CT molecular complexity index is 868. The van der Waals surface area contributed by atoms with Gasteiger partial charge in [-0.15, -0.1) is 0 Å². The average molecular weight is 389 g/mol. The lowest BCUT2D eigenvalue weighted by atomic mass is 9.91. The molecule has 1 aliphatic rings. The molecule has 0 saturated carbocycles. The summed E-state index contributed by atoms with van der Waals surface area (Å²) in [6.45, 7) is 1.16. The fourth-order valence-corrected chi connectivity index (χ4v) is 3.44. The SMILES string of the molecule is COc1cc(C(=O)NC(CO)CO)cc2c1O[C@](C)(Cc1ccccc1F)C2. The molecule has 0 aliphatic carbocycles. The molecule has 2 aromatic rings. The number of rotatable bonds is 7. The maximum atomic E-state index is 14.1. The minimum absolute atomic E-state index is 0.283. The van der Waals surface area contributed by atoms with E-state index in [2.05, 4.69) is 5.32 Å². The van der Waals surface area contributed by atoms with Crippen LogP contribution in [0.4, 0.5) is 4.39 Å². The number of aliphatic hydroxyl groups excluding tert-OH is 2. The van der Waals surface area contributed by atoms with E-state index in [0.717, 1.165) is 5.56 Å². The molecule has 0 fully saturated rings. The van der Waals surface area contributed by atoms with Gasteiger partial charge in [-0.25, -0.2) is 4.39 Å². The van der Waals surface area contributed by atoms with Crippen LogP contribution in [0.25, 0.3) is 0 Å². The Morgan fingerprint density at radius 3 is 2.68 bits per heavy atom. The number of carbonyl (C=O) groups excluding carboxylic acids is 1. The molecule has 1 amide bonds. The molecule has 3 N–H and O–H groups in total. The van der Waals surface area contributed by atoms with Crippen molar-refractivity contribution in [3.05, 3.63) is 58.9 Å². The van der Waals surface area contributed by atoms with Crippen molar-refractivity contribution in [3.63, 3.8) is 0 Å². The summed E-state index contributed by atoms with van der Waals surface area (Å²) in [5, 5.41) is 20.9. The van der Waals surface area contributed by atoms with Crippen LogP contribution in [0.1, 0.15) is 28.4 Å². The fraction of sp³-hybridized carbons (Fsp3) is 0.381. The van der Waals surface area contributed by atoms with E-state index in [0.29, 0.717) is 35.5 Å². The Morgan fingerprint density at radius 2 is 2.04 bits per heavy atom. The van der Waals surface area contributed by atoms with Gasteiger partial charge in [0.25, 0.3) is 5.91 Å². The summed E-state index contributed by atoms with van der Waals surface area (Å²) in [6.07, 6.45) is 0.855. The molecule has 1 heterocycles. The van der Waals surface area contributed by atoms with Crippen molar-refractivity contribution < 1.29 is 28.9 Å². The highest BCUT2D eigenvalue weighted by molar-refractivity contribution is 5.95. The van der Waals surface area contributed by atoms with Gasteiger partial charge in [-0.3, -0.25) is 4.79 Å². The number of hydrogen-bond donors (Lipinski definition) is 3. The van der Waals surface area contributed by atoms with Gasteiger partial charge < -0.3 is 25.0 Å². The third kappa shape index (κ3) is 4.10. The van der Waals surface area contributed by atoms with Crippen LogP contribution in [-0.4, -0.2) is 48.1 Å². The van der Waals surface area contributed by atoms with Crippen LogP contribution in [0.2, 0.25) is 0 Å². The third-order valence-corrected chi connectivity index (χ3v) is 4.82. The second kappa shape index (κ2) is 8.16. The average Bonchev–Trinajstić information content (AvgIpc) is 3.02. The largest absolute Gasteiger partial charge is 0.493 e. The molecule has 0 saturated heterocycles. The molecule has 28 heavy (non-hydrogen) atoms. The van der Waals surface area contributed by atoms with Crippen LogP contribution in [-0.2, 0) is 12.8 Å². The fourth-order valence-electron chi connectivity index (χ4n) is 3.44. The lowest BCUT2D eigenvalue weighted by molar-refractivity contribution is 0.0879. The minimum Gasteiger partial charge on any atom is -0.493 e. The second-order valence-electron chi connectivity index (χ2n) is 7.20. The highest BCUT2D eigenvalue weighted by Gasteiger charge is 2.38. The zero-order valence-electron chi connectivity index (χ0n) is 15.9. The van der Waals surface area contributed by atoms with Gasteiger partial charge in [0.2, 0.25) is 0 Å². The standard InChI is InChI=1S/C21H24FNO5/c1-21(9-13-5-3-4-6-17(13)22)10-15-7-14(8-18(27-2)19(15)28-21)20(26)23-16(11-24)12-25/h3-8,16,24-25H,9-12H2,1-2H3,(H,23,26)/t21-/m1/s1. The van der Waals surface area contributed by atoms with Crippen LogP contribution >= 0.6 is 0 Å². The molecule has 0 bridgehead atoms. The van der Waals surface area contributed by atoms with Crippen molar-refractivity contribution in [1.82, 2.24) is 5.32 Å². The molecule has 0 radical (unpaired) electrons. The van der Waals surface area contributed by atoms with Crippen molar-refractivity contribution in [2.45, 2.75) is 31.4 Å². The van der Waals surface area contributed by atoms with Crippen LogP contribution < -0.4 is 14.8 Å². The number of fused-ring (bicyclic) bond motifs is 1. The minimum atomic E-state index is -0.741. The van der Waals surface area contributed by atoms with Crippen LogP contribution in [0, 0.1) is 5.82 Å². The van der Waals surface area contributed by atoms with E-state index in [9.17, 15) is 9.18 Å². The summed E-state index contributed by atoms with van der Waals surface area (Å²) in [5.41, 5.74) is 1.00. The topological polar surface area (TPSA) is 88.0 Å². The normalized spacial score (nSPS) is 17.9. The molecule has 150 valence electrons. The Kier molecular flexibility index (Phi) is 5.86. The van der Waals surface area contributed by atoms with E-state index in [4.69, 9.17) is 19.7 Å². The van der Waals surface area contributed by atoms with Gasteiger partial charge in [0.15, 0.2) is 11.5 Å². The van der Waals surface area contributed by atoms with E-state index in [1.54, 1.807) is 30.3 Å². The summed E-state index contributed by atoms with van der Waals surface area (Å²) in [7, 11) is 1.48. The number of aliphatic hydroxyl groups is 2. The summed E-state index contributed by atoms with van der Waals surface area (Å²) in [6, 6.07) is 9.08. The maximum Gasteiger partial charge on any atom is 0.251 e. The van der Waals surface area contributed by atoms with Gasteiger partial charge in [-0.2, -0.15) is 0 Å². The Labute approximate surface area is 162 Å². The van der Waals surface area contributed by atoms with Gasteiger partial charge in [0.1, 0.15) is 11.4 Å². The molecular formula is C21H24FNO5. The second-order valence-corrected chi connectivity index (χ2v) is 7.20. The lowest BCUT2D eigenvalue weighted by Crippen LogP contribution is -2.40. The van der Waals surface area contributed by atoms with Crippen LogP contribution in [0.3, 0.4) is 0 Å². The van der Waals surface area contributed by atoms with Crippen molar-refractivity contribution in [2.75, 3.05) is 20.3 Å². The molecule has 1 aliphatic heterocycles. The predicted molar refractivity (Wildman–Crippen MR) is 101 cm³/mol. The molecule has 0 spiro atoms. The number of amides is 1. The highest BCUT2D eigenvalue weighted by Crippen LogP contribution is 2.44. The number of nitrogens with one attached hydrogen (secondary N) is 1. The molecule has 7 heteroatoms. The van der Waals surface area contributed by atoms with E-state index in [-0.39, 0.29) is 19.0 Å². The van der Waals surface area contributed by atoms with Crippen molar-refractivity contribution in [1.29, 1.82) is 0 Å². The van der Waals surface area contributed by atoms with E-state index in [1.807, 2.05) is 6.92 Å². The quantitative estimate of drug-likeness (QED) is 0.673. The molecule has 3 rings (SSSR count). The molecule has 0 aromatic heterocycles. The Hall–Kier alpha value is -2.64. The molecule has 2 aromatic carbocycles. The lowest BCUT2D eigenvalue weighted by Gasteiger charge is -2.24. The zero-order valence-corrected chi connectivity index (χ0v) is 15.9. The smallest absolute Gasteiger partial charge is 0.251 e. The Balaban J connectivity index is 1.86. The molecule has 0 unspecified atom stereocenters. The summed E-state index contributed by atoms with van der Waals surface area (Å²) in [4.78, 5) is 12.5. The van der Waals surface area contributed by atoms with E-state index >= 15 is 0 Å². The number of carbonyl (C=O) groups is 1. The van der Waals surface area contributed by atoms with Gasteiger partial charge in [-0.05, 0) is 30.7 Å². The van der Waals surface area contributed by atoms with E-state index < -0.39 is 17.6 Å². The maximum absolute atomic E-state index is 14.1. The first kappa shape index (κ1) is 20.1. The first-order valence-corrected chi connectivity index (χ1v) is 9.05. The number of hydrogen-bond acceptors (Lipinski definition) is 5. The zero-order chi connectivity index (χ0) is 20.3. The van der Waals surface area contributed by atoms with Gasteiger partial charge in [0.05, 0.1) is 26.4 Å². The van der Waals surface area contributed by atoms with Crippen molar-refractivity contribution >= 4 is 5.91 Å². The summed E-state index contributed by atoms with van der Waals surface area (Å²) < 4.78 is 25.6. The molecule has 6 nitrogen and oxygen atoms in total. The van der Waals surface area contributed by atoms with Crippen LogP contribution in [0.5, 0.6) is 11.5 Å². The van der Waals surface area contributed by atoms with E-state index in [1.165, 1.54) is 13.2 Å². The van der Waals surface area contributed by atoms with Crippen molar-refractivity contribution in [2.24, 2.45) is 0 Å². The highest BCUT2D eigenvalue weighted by atomic mass is 19.1. The summed E-state index contributed by atoms with van der Waals surface area (Å²) >= 11 is 0. The summed E-state index contributed by atoms with van der Waals surface area (Å²) in [5.74, 6) is 0.231. The number of halogens is 1. The number of benzene rings is 2. The number of ether oxygens (including phenoxy) is 2. The first-order chi connectivity index (χ1) is 13.4. The van der Waals surface area contributed by atoms with Crippen molar-refractivity contribution in [3.8, 4) is 11.5 Å².